The topological polar surface area (TPSA) is 37.3 Å². The van der Waals surface area contributed by atoms with E-state index in [1.54, 1.807) is 18.2 Å². The number of halogens is 1. The van der Waals surface area contributed by atoms with Gasteiger partial charge in [-0.05, 0) is 30.0 Å². The second-order valence-electron chi connectivity index (χ2n) is 3.87. The Balaban J connectivity index is 2.79. The molecule has 0 aliphatic heterocycles. The number of rotatable bonds is 5. The van der Waals surface area contributed by atoms with Crippen molar-refractivity contribution >= 4 is 17.6 Å². The van der Waals surface area contributed by atoms with E-state index in [-0.39, 0.29) is 5.92 Å². The lowest BCUT2D eigenvalue weighted by Gasteiger charge is -2.16. The monoisotopic (exact) mass is 238 g/mol. The Labute approximate surface area is 101 Å². The standard InChI is InChI=1S/C13H15ClO2/c1-3-9(2)12(13(15)16)8-10-4-6-11(14)7-5-10/h3-7,9,12H,1,8H2,2H3,(H,15,16). The molecule has 1 rings (SSSR count). The van der Waals surface area contributed by atoms with E-state index in [0.717, 1.165) is 5.56 Å². The van der Waals surface area contributed by atoms with Crippen LogP contribution in [0.15, 0.2) is 36.9 Å². The van der Waals surface area contributed by atoms with E-state index in [1.165, 1.54) is 0 Å². The van der Waals surface area contributed by atoms with Crippen molar-refractivity contribution in [3.8, 4) is 0 Å². The van der Waals surface area contributed by atoms with E-state index in [2.05, 4.69) is 6.58 Å². The maximum atomic E-state index is 11.1. The van der Waals surface area contributed by atoms with Crippen LogP contribution in [0.2, 0.25) is 5.02 Å². The smallest absolute Gasteiger partial charge is 0.307 e. The highest BCUT2D eigenvalue weighted by molar-refractivity contribution is 6.30. The van der Waals surface area contributed by atoms with Gasteiger partial charge in [-0.1, -0.05) is 36.7 Å². The van der Waals surface area contributed by atoms with Crippen molar-refractivity contribution in [3.05, 3.63) is 47.5 Å². The van der Waals surface area contributed by atoms with Crippen molar-refractivity contribution in [3.63, 3.8) is 0 Å². The Kier molecular flexibility index (Phi) is 4.56. The van der Waals surface area contributed by atoms with Crippen LogP contribution in [0.25, 0.3) is 0 Å². The molecule has 1 aromatic rings. The number of benzene rings is 1. The number of carboxylic acids is 1. The van der Waals surface area contributed by atoms with E-state index in [9.17, 15) is 4.79 Å². The van der Waals surface area contributed by atoms with Gasteiger partial charge in [-0.3, -0.25) is 4.79 Å². The molecule has 0 amide bonds. The Bertz CT molecular complexity index is 370. The molecule has 0 heterocycles. The summed E-state index contributed by atoms with van der Waals surface area (Å²) in [6, 6.07) is 7.25. The molecule has 0 aromatic heterocycles. The Morgan fingerprint density at radius 1 is 1.50 bits per heavy atom. The van der Waals surface area contributed by atoms with E-state index >= 15 is 0 Å². The maximum absolute atomic E-state index is 11.1. The molecule has 1 aromatic carbocycles. The summed E-state index contributed by atoms with van der Waals surface area (Å²) in [6.07, 6.45) is 2.17. The first kappa shape index (κ1) is 12.8. The zero-order valence-corrected chi connectivity index (χ0v) is 9.95. The second-order valence-corrected chi connectivity index (χ2v) is 4.31. The first-order valence-electron chi connectivity index (χ1n) is 5.14. The third-order valence-corrected chi connectivity index (χ3v) is 2.94. The Morgan fingerprint density at radius 2 is 2.06 bits per heavy atom. The summed E-state index contributed by atoms with van der Waals surface area (Å²) in [4.78, 5) is 11.1. The van der Waals surface area contributed by atoms with Gasteiger partial charge >= 0.3 is 5.97 Å². The zero-order chi connectivity index (χ0) is 12.1. The maximum Gasteiger partial charge on any atom is 0.307 e. The van der Waals surface area contributed by atoms with Crippen LogP contribution in [0.5, 0.6) is 0 Å². The fraction of sp³-hybridized carbons (Fsp3) is 0.308. The highest BCUT2D eigenvalue weighted by atomic mass is 35.5. The largest absolute Gasteiger partial charge is 0.481 e. The summed E-state index contributed by atoms with van der Waals surface area (Å²) < 4.78 is 0. The highest BCUT2D eigenvalue weighted by Gasteiger charge is 2.22. The summed E-state index contributed by atoms with van der Waals surface area (Å²) >= 11 is 5.77. The molecule has 2 unspecified atom stereocenters. The molecule has 1 N–H and O–H groups in total. The zero-order valence-electron chi connectivity index (χ0n) is 9.19. The quantitative estimate of drug-likeness (QED) is 0.799. The summed E-state index contributed by atoms with van der Waals surface area (Å²) in [5.41, 5.74) is 0.977. The lowest BCUT2D eigenvalue weighted by molar-refractivity contribution is -0.142. The molecule has 0 aliphatic rings. The van der Waals surface area contributed by atoms with Crippen LogP contribution in [0.4, 0.5) is 0 Å². The molecule has 2 atom stereocenters. The van der Waals surface area contributed by atoms with Gasteiger partial charge in [0, 0.05) is 5.02 Å². The van der Waals surface area contributed by atoms with Crippen molar-refractivity contribution in [1.29, 1.82) is 0 Å². The number of carboxylic acid groups (broad SMARTS) is 1. The molecule has 0 bridgehead atoms. The van der Waals surface area contributed by atoms with Crippen molar-refractivity contribution < 1.29 is 9.90 Å². The number of carbonyl (C=O) groups is 1. The third kappa shape index (κ3) is 3.38. The minimum atomic E-state index is -0.789. The van der Waals surface area contributed by atoms with E-state index in [1.807, 2.05) is 19.1 Å². The first-order valence-corrected chi connectivity index (χ1v) is 5.52. The van der Waals surface area contributed by atoms with Crippen molar-refractivity contribution in [2.24, 2.45) is 11.8 Å². The molecule has 0 saturated carbocycles. The van der Waals surface area contributed by atoms with E-state index < -0.39 is 11.9 Å². The summed E-state index contributed by atoms with van der Waals surface area (Å²) in [6.45, 7) is 5.50. The summed E-state index contributed by atoms with van der Waals surface area (Å²) in [5.74, 6) is -1.27. The first-order chi connectivity index (χ1) is 7.54. The lowest BCUT2D eigenvalue weighted by atomic mass is 9.88. The second kappa shape index (κ2) is 5.71. The highest BCUT2D eigenvalue weighted by Crippen LogP contribution is 2.20. The molecule has 0 aliphatic carbocycles. The Morgan fingerprint density at radius 3 is 2.50 bits per heavy atom. The van der Waals surface area contributed by atoms with Gasteiger partial charge in [0.2, 0.25) is 0 Å². The molecule has 16 heavy (non-hydrogen) atoms. The average Bonchev–Trinajstić information content (AvgIpc) is 2.27. The fourth-order valence-corrected chi connectivity index (χ4v) is 1.66. The molecule has 0 fully saturated rings. The third-order valence-electron chi connectivity index (χ3n) is 2.69. The molecule has 0 saturated heterocycles. The Hall–Kier alpha value is -1.28. The molecule has 0 radical (unpaired) electrons. The van der Waals surface area contributed by atoms with Crippen LogP contribution in [0.3, 0.4) is 0 Å². The van der Waals surface area contributed by atoms with Gasteiger partial charge in [0.15, 0.2) is 0 Å². The molecule has 3 heteroatoms. The SMILES string of the molecule is C=CC(C)C(Cc1ccc(Cl)cc1)C(=O)O. The minimum Gasteiger partial charge on any atom is -0.481 e. The minimum absolute atomic E-state index is 0.0480. The van der Waals surface area contributed by atoms with Crippen molar-refractivity contribution in [2.75, 3.05) is 0 Å². The van der Waals surface area contributed by atoms with Gasteiger partial charge in [0.1, 0.15) is 0 Å². The predicted molar refractivity (Wildman–Crippen MR) is 65.6 cm³/mol. The van der Waals surface area contributed by atoms with Gasteiger partial charge in [0.05, 0.1) is 5.92 Å². The van der Waals surface area contributed by atoms with Crippen LogP contribution in [0, 0.1) is 11.8 Å². The van der Waals surface area contributed by atoms with Gasteiger partial charge in [-0.15, -0.1) is 6.58 Å². The number of hydrogen-bond acceptors (Lipinski definition) is 1. The van der Waals surface area contributed by atoms with Crippen LogP contribution >= 0.6 is 11.6 Å². The van der Waals surface area contributed by atoms with Gasteiger partial charge in [-0.25, -0.2) is 0 Å². The van der Waals surface area contributed by atoms with Crippen LogP contribution in [0.1, 0.15) is 12.5 Å². The predicted octanol–water partition coefficient (Wildman–Crippen LogP) is 3.41. The van der Waals surface area contributed by atoms with Crippen molar-refractivity contribution in [2.45, 2.75) is 13.3 Å². The van der Waals surface area contributed by atoms with E-state index in [4.69, 9.17) is 16.7 Å². The van der Waals surface area contributed by atoms with E-state index in [0.29, 0.717) is 11.4 Å². The molecule has 86 valence electrons. The summed E-state index contributed by atoms with van der Waals surface area (Å²) in [5, 5.41) is 9.78. The lowest BCUT2D eigenvalue weighted by Crippen LogP contribution is -2.22. The molecule has 0 spiro atoms. The van der Waals surface area contributed by atoms with Crippen LogP contribution < -0.4 is 0 Å². The number of allylic oxidation sites excluding steroid dienone is 1. The van der Waals surface area contributed by atoms with Crippen LogP contribution in [-0.2, 0) is 11.2 Å². The van der Waals surface area contributed by atoms with Gasteiger partial charge in [0.25, 0.3) is 0 Å². The summed E-state index contributed by atoms with van der Waals surface area (Å²) in [7, 11) is 0. The molecular weight excluding hydrogens is 224 g/mol. The number of aliphatic carboxylic acids is 1. The van der Waals surface area contributed by atoms with Gasteiger partial charge in [-0.2, -0.15) is 0 Å². The number of hydrogen-bond donors (Lipinski definition) is 1. The van der Waals surface area contributed by atoms with Crippen LogP contribution in [-0.4, -0.2) is 11.1 Å². The molecular formula is C13H15ClO2. The average molecular weight is 239 g/mol. The molecule has 2 nitrogen and oxygen atoms in total. The fourth-order valence-electron chi connectivity index (χ4n) is 1.54. The van der Waals surface area contributed by atoms with Gasteiger partial charge < -0.3 is 5.11 Å². The normalized spacial score (nSPS) is 14.1. The van der Waals surface area contributed by atoms with Crippen molar-refractivity contribution in [1.82, 2.24) is 0 Å².